The van der Waals surface area contributed by atoms with E-state index in [-0.39, 0.29) is 36.7 Å². The number of hydrogen-bond donors (Lipinski definition) is 1. The number of rotatable bonds is 9. The van der Waals surface area contributed by atoms with Gasteiger partial charge in [-0.1, -0.05) is 51.1 Å². The minimum Gasteiger partial charge on any atom is -0.483 e. The van der Waals surface area contributed by atoms with E-state index in [0.717, 1.165) is 11.1 Å². The van der Waals surface area contributed by atoms with Gasteiger partial charge >= 0.3 is 0 Å². The molecule has 1 atom stereocenters. The monoisotopic (exact) mass is 442 g/mol. The summed E-state index contributed by atoms with van der Waals surface area (Å²) in [5.74, 6) is 0.0296. The van der Waals surface area contributed by atoms with Gasteiger partial charge in [0, 0.05) is 12.1 Å². The predicted octanol–water partition coefficient (Wildman–Crippen LogP) is 5.05. The summed E-state index contributed by atoms with van der Waals surface area (Å²) in [5.41, 5.74) is 1.33. The molecule has 174 valence electrons. The number of nitrogens with one attached hydrogen (secondary N) is 1. The highest BCUT2D eigenvalue weighted by molar-refractivity contribution is 5.88. The minimum atomic E-state index is -0.671. The lowest BCUT2D eigenvalue weighted by molar-refractivity contribution is -0.143. The van der Waals surface area contributed by atoms with E-state index in [4.69, 9.17) is 4.74 Å². The van der Waals surface area contributed by atoms with Gasteiger partial charge in [-0.3, -0.25) is 9.59 Å². The molecule has 2 amide bonds. The van der Waals surface area contributed by atoms with Crippen LogP contribution in [0.2, 0.25) is 0 Å². The number of amides is 2. The van der Waals surface area contributed by atoms with Gasteiger partial charge in [-0.2, -0.15) is 0 Å². The molecule has 0 aliphatic rings. The summed E-state index contributed by atoms with van der Waals surface area (Å²) in [6, 6.07) is 12.9. The first-order valence-electron chi connectivity index (χ1n) is 11.1. The molecule has 0 saturated heterocycles. The molecule has 0 saturated carbocycles. The van der Waals surface area contributed by atoms with E-state index in [1.165, 1.54) is 17.0 Å². The summed E-state index contributed by atoms with van der Waals surface area (Å²) >= 11 is 0. The average molecular weight is 443 g/mol. The number of ether oxygens (including phenoxy) is 1. The standard InChI is InChI=1S/C26H35FN2O3/c1-7-22(25(31)28-26(4,5)6)29(16-19-12-14-20(27)15-13-19)24(30)17-32-23-11-9-8-10-21(23)18(2)3/h8-15,18,22H,7,16-17H2,1-6H3,(H,28,31)/t22-/m1/s1. The van der Waals surface area contributed by atoms with Crippen LogP contribution in [-0.2, 0) is 16.1 Å². The number of halogens is 1. The van der Waals surface area contributed by atoms with Gasteiger partial charge in [0.25, 0.3) is 5.91 Å². The molecule has 5 nitrogen and oxygen atoms in total. The van der Waals surface area contributed by atoms with Gasteiger partial charge in [-0.05, 0) is 62.4 Å². The Bertz CT molecular complexity index is 904. The van der Waals surface area contributed by atoms with Gasteiger partial charge in [0.1, 0.15) is 17.6 Å². The first-order valence-corrected chi connectivity index (χ1v) is 11.1. The average Bonchev–Trinajstić information content (AvgIpc) is 2.72. The van der Waals surface area contributed by atoms with Crippen LogP contribution in [0.3, 0.4) is 0 Å². The Kier molecular flexibility index (Phi) is 8.81. The molecule has 32 heavy (non-hydrogen) atoms. The molecule has 0 fully saturated rings. The van der Waals surface area contributed by atoms with Gasteiger partial charge in [0.05, 0.1) is 0 Å². The predicted molar refractivity (Wildman–Crippen MR) is 125 cm³/mol. The molecule has 1 N–H and O–H groups in total. The fraction of sp³-hybridized carbons (Fsp3) is 0.462. The van der Waals surface area contributed by atoms with E-state index in [9.17, 15) is 14.0 Å². The normalized spacial score (nSPS) is 12.4. The highest BCUT2D eigenvalue weighted by Crippen LogP contribution is 2.26. The molecule has 0 heterocycles. The molecule has 2 aromatic rings. The van der Waals surface area contributed by atoms with Crippen molar-refractivity contribution in [3.63, 3.8) is 0 Å². The lowest BCUT2D eigenvalue weighted by Crippen LogP contribution is -2.54. The van der Waals surface area contributed by atoms with Gasteiger partial charge < -0.3 is 15.0 Å². The van der Waals surface area contributed by atoms with Crippen molar-refractivity contribution in [1.29, 1.82) is 0 Å². The van der Waals surface area contributed by atoms with Crippen LogP contribution in [0.5, 0.6) is 5.75 Å². The summed E-state index contributed by atoms with van der Waals surface area (Å²) in [5, 5.41) is 2.96. The summed E-state index contributed by atoms with van der Waals surface area (Å²) in [6.45, 7) is 11.7. The van der Waals surface area contributed by atoms with Crippen molar-refractivity contribution in [1.82, 2.24) is 10.2 Å². The second-order valence-electron chi connectivity index (χ2n) is 9.29. The Morgan fingerprint density at radius 1 is 1.06 bits per heavy atom. The van der Waals surface area contributed by atoms with Crippen molar-refractivity contribution < 1.29 is 18.7 Å². The molecule has 6 heteroatoms. The second-order valence-corrected chi connectivity index (χ2v) is 9.29. The molecular formula is C26H35FN2O3. The van der Waals surface area contributed by atoms with Crippen molar-refractivity contribution in [2.45, 2.75) is 72.0 Å². The van der Waals surface area contributed by atoms with Crippen LogP contribution in [0.1, 0.15) is 65.0 Å². The molecule has 0 bridgehead atoms. The van der Waals surface area contributed by atoms with Crippen molar-refractivity contribution in [2.24, 2.45) is 0 Å². The maximum Gasteiger partial charge on any atom is 0.261 e. The third kappa shape index (κ3) is 7.36. The van der Waals surface area contributed by atoms with Gasteiger partial charge in [-0.25, -0.2) is 4.39 Å². The zero-order valence-electron chi connectivity index (χ0n) is 19.9. The maximum atomic E-state index is 13.4. The van der Waals surface area contributed by atoms with Crippen molar-refractivity contribution in [3.8, 4) is 5.75 Å². The lowest BCUT2D eigenvalue weighted by atomic mass is 10.0. The Morgan fingerprint density at radius 3 is 2.25 bits per heavy atom. The van der Waals surface area contributed by atoms with Crippen LogP contribution >= 0.6 is 0 Å². The zero-order chi connectivity index (χ0) is 23.9. The second kappa shape index (κ2) is 11.1. The molecule has 0 aliphatic heterocycles. The highest BCUT2D eigenvalue weighted by atomic mass is 19.1. The fourth-order valence-corrected chi connectivity index (χ4v) is 3.47. The Morgan fingerprint density at radius 2 is 1.69 bits per heavy atom. The van der Waals surface area contributed by atoms with Crippen LogP contribution in [-0.4, -0.2) is 34.9 Å². The van der Waals surface area contributed by atoms with E-state index in [0.29, 0.717) is 12.2 Å². The maximum absolute atomic E-state index is 13.4. The topological polar surface area (TPSA) is 58.6 Å². The summed E-state index contributed by atoms with van der Waals surface area (Å²) in [7, 11) is 0. The quantitative estimate of drug-likeness (QED) is 0.591. The smallest absolute Gasteiger partial charge is 0.261 e. The largest absolute Gasteiger partial charge is 0.483 e. The van der Waals surface area contributed by atoms with E-state index in [1.54, 1.807) is 12.1 Å². The van der Waals surface area contributed by atoms with Crippen LogP contribution in [0.4, 0.5) is 4.39 Å². The van der Waals surface area contributed by atoms with E-state index in [1.807, 2.05) is 52.0 Å². The molecule has 0 radical (unpaired) electrons. The molecule has 2 aromatic carbocycles. The van der Waals surface area contributed by atoms with E-state index in [2.05, 4.69) is 19.2 Å². The first-order chi connectivity index (χ1) is 15.0. The number of benzene rings is 2. The van der Waals surface area contributed by atoms with Crippen LogP contribution in [0.15, 0.2) is 48.5 Å². The van der Waals surface area contributed by atoms with Crippen LogP contribution < -0.4 is 10.1 Å². The Balaban J connectivity index is 2.27. The van der Waals surface area contributed by atoms with Gasteiger partial charge in [-0.15, -0.1) is 0 Å². The summed E-state index contributed by atoms with van der Waals surface area (Å²) < 4.78 is 19.3. The number of carbonyl (C=O) groups excluding carboxylic acids is 2. The molecule has 0 aliphatic carbocycles. The fourth-order valence-electron chi connectivity index (χ4n) is 3.47. The zero-order valence-corrected chi connectivity index (χ0v) is 19.9. The number of nitrogens with zero attached hydrogens (tertiary/aromatic N) is 1. The Hall–Kier alpha value is -2.89. The molecule has 0 spiro atoms. The summed E-state index contributed by atoms with van der Waals surface area (Å²) in [6.07, 6.45) is 0.442. The molecule has 0 aromatic heterocycles. The minimum absolute atomic E-state index is 0.185. The first kappa shape index (κ1) is 25.4. The van der Waals surface area contributed by atoms with E-state index >= 15 is 0 Å². The van der Waals surface area contributed by atoms with Crippen molar-refractivity contribution in [3.05, 3.63) is 65.5 Å². The van der Waals surface area contributed by atoms with E-state index < -0.39 is 11.6 Å². The lowest BCUT2D eigenvalue weighted by Gasteiger charge is -2.33. The van der Waals surface area contributed by atoms with Crippen LogP contribution in [0.25, 0.3) is 0 Å². The Labute approximate surface area is 191 Å². The van der Waals surface area contributed by atoms with Crippen molar-refractivity contribution in [2.75, 3.05) is 6.61 Å². The SMILES string of the molecule is CC[C@H](C(=O)NC(C)(C)C)N(Cc1ccc(F)cc1)C(=O)COc1ccccc1C(C)C. The molecule has 2 rings (SSSR count). The number of hydrogen-bond acceptors (Lipinski definition) is 3. The van der Waals surface area contributed by atoms with Gasteiger partial charge in [0.15, 0.2) is 6.61 Å². The number of carbonyl (C=O) groups is 2. The molecular weight excluding hydrogens is 407 g/mol. The molecule has 0 unspecified atom stereocenters. The van der Waals surface area contributed by atoms with Gasteiger partial charge in [0.2, 0.25) is 5.91 Å². The van der Waals surface area contributed by atoms with Crippen molar-refractivity contribution >= 4 is 11.8 Å². The summed E-state index contributed by atoms with van der Waals surface area (Å²) in [4.78, 5) is 27.8. The highest BCUT2D eigenvalue weighted by Gasteiger charge is 2.31. The number of para-hydroxylation sites is 1. The van der Waals surface area contributed by atoms with Crippen LogP contribution in [0, 0.1) is 5.82 Å². The third-order valence-corrected chi connectivity index (χ3v) is 5.04. The third-order valence-electron chi connectivity index (χ3n) is 5.04.